The Morgan fingerprint density at radius 1 is 0.957 bits per heavy atom. The molecule has 0 aliphatic carbocycles. The van der Waals surface area contributed by atoms with Crippen molar-refractivity contribution >= 4 is 5.69 Å². The number of hydrogen-bond acceptors (Lipinski definition) is 5. The Morgan fingerprint density at radius 3 is 2.57 bits per heavy atom. The summed E-state index contributed by atoms with van der Waals surface area (Å²) in [5.41, 5.74) is 2.50. The topological polar surface area (TPSA) is 37.8 Å². The summed E-state index contributed by atoms with van der Waals surface area (Å²) in [4.78, 5) is 9.09. The Kier molecular flexibility index (Phi) is 4.03. The molecule has 2 aromatic rings. The SMILES string of the molecule is c1cncc(N2CCN(Cc3ccc4c(c3)OCCO4)CC2)c1. The largest absolute Gasteiger partial charge is 0.486 e. The molecule has 0 spiro atoms. The van der Waals surface area contributed by atoms with Gasteiger partial charge in [-0.25, -0.2) is 0 Å². The Hall–Kier alpha value is -2.27. The number of aromatic nitrogens is 1. The number of fused-ring (bicyclic) bond motifs is 1. The molecule has 2 aliphatic rings. The fourth-order valence-electron chi connectivity index (χ4n) is 3.15. The lowest BCUT2D eigenvalue weighted by Crippen LogP contribution is -2.46. The second-order valence-electron chi connectivity index (χ2n) is 5.95. The highest BCUT2D eigenvalue weighted by Crippen LogP contribution is 2.31. The molecule has 0 amide bonds. The van der Waals surface area contributed by atoms with Crippen molar-refractivity contribution in [3.63, 3.8) is 0 Å². The van der Waals surface area contributed by atoms with Crippen LogP contribution in [-0.4, -0.2) is 49.3 Å². The fraction of sp³-hybridized carbons (Fsp3) is 0.389. The Labute approximate surface area is 136 Å². The molecule has 0 unspecified atom stereocenters. The monoisotopic (exact) mass is 311 g/mol. The number of nitrogens with zero attached hydrogens (tertiary/aromatic N) is 3. The highest BCUT2D eigenvalue weighted by molar-refractivity contribution is 5.45. The van der Waals surface area contributed by atoms with Crippen molar-refractivity contribution in [2.75, 3.05) is 44.3 Å². The lowest BCUT2D eigenvalue weighted by Gasteiger charge is -2.36. The van der Waals surface area contributed by atoms with Crippen LogP contribution in [0.3, 0.4) is 0 Å². The standard InChI is InChI=1S/C18H21N3O2/c1-2-16(13-19-5-1)21-8-6-20(7-9-21)14-15-3-4-17-18(12-15)23-11-10-22-17/h1-5,12-13H,6-11,14H2. The summed E-state index contributed by atoms with van der Waals surface area (Å²) >= 11 is 0. The van der Waals surface area contributed by atoms with E-state index in [4.69, 9.17) is 9.47 Å². The Morgan fingerprint density at radius 2 is 1.78 bits per heavy atom. The van der Waals surface area contributed by atoms with Crippen LogP contribution in [0.5, 0.6) is 11.5 Å². The molecule has 0 N–H and O–H groups in total. The maximum Gasteiger partial charge on any atom is 0.161 e. The van der Waals surface area contributed by atoms with Gasteiger partial charge in [0, 0.05) is 38.9 Å². The highest BCUT2D eigenvalue weighted by atomic mass is 16.6. The molecule has 1 saturated heterocycles. The molecule has 4 rings (SSSR count). The van der Waals surface area contributed by atoms with Crippen molar-refractivity contribution in [3.8, 4) is 11.5 Å². The van der Waals surface area contributed by atoms with Crippen molar-refractivity contribution < 1.29 is 9.47 Å². The minimum Gasteiger partial charge on any atom is -0.486 e. The molecule has 120 valence electrons. The van der Waals surface area contributed by atoms with Gasteiger partial charge in [-0.3, -0.25) is 9.88 Å². The van der Waals surface area contributed by atoms with Gasteiger partial charge < -0.3 is 14.4 Å². The third-order valence-electron chi connectivity index (χ3n) is 4.40. The summed E-state index contributed by atoms with van der Waals surface area (Å²) in [6, 6.07) is 10.4. The zero-order valence-corrected chi connectivity index (χ0v) is 13.1. The highest BCUT2D eigenvalue weighted by Gasteiger charge is 2.18. The molecule has 1 fully saturated rings. The van der Waals surface area contributed by atoms with Crippen LogP contribution in [0.25, 0.3) is 0 Å². The lowest BCUT2D eigenvalue weighted by molar-refractivity contribution is 0.171. The Balaban J connectivity index is 1.36. The molecule has 0 saturated carbocycles. The summed E-state index contributed by atoms with van der Waals surface area (Å²) in [5.74, 6) is 1.74. The van der Waals surface area contributed by atoms with Gasteiger partial charge in [0.05, 0.1) is 11.9 Å². The second-order valence-corrected chi connectivity index (χ2v) is 5.95. The first-order valence-electron chi connectivity index (χ1n) is 8.14. The smallest absolute Gasteiger partial charge is 0.161 e. The van der Waals surface area contributed by atoms with Crippen LogP contribution >= 0.6 is 0 Å². The molecule has 5 heteroatoms. The van der Waals surface area contributed by atoms with Crippen molar-refractivity contribution in [1.29, 1.82) is 0 Å². The van der Waals surface area contributed by atoms with Gasteiger partial charge in [0.25, 0.3) is 0 Å². The van der Waals surface area contributed by atoms with Gasteiger partial charge in [0.15, 0.2) is 11.5 Å². The molecule has 0 bridgehead atoms. The molecular formula is C18H21N3O2. The first kappa shape index (κ1) is 14.3. The maximum absolute atomic E-state index is 5.67. The molecule has 23 heavy (non-hydrogen) atoms. The molecule has 3 heterocycles. The van der Waals surface area contributed by atoms with Crippen LogP contribution in [-0.2, 0) is 6.54 Å². The summed E-state index contributed by atoms with van der Waals surface area (Å²) < 4.78 is 11.2. The van der Waals surface area contributed by atoms with Gasteiger partial charge in [-0.15, -0.1) is 0 Å². The molecule has 0 atom stereocenters. The van der Waals surface area contributed by atoms with Gasteiger partial charge in [-0.2, -0.15) is 0 Å². The van der Waals surface area contributed by atoms with Crippen LogP contribution in [0.1, 0.15) is 5.56 Å². The summed E-state index contributed by atoms with van der Waals surface area (Å²) in [6.45, 7) is 6.43. The summed E-state index contributed by atoms with van der Waals surface area (Å²) in [7, 11) is 0. The fourth-order valence-corrected chi connectivity index (χ4v) is 3.15. The zero-order chi connectivity index (χ0) is 15.5. The third kappa shape index (κ3) is 3.24. The molecule has 1 aromatic heterocycles. The van der Waals surface area contributed by atoms with E-state index in [1.807, 2.05) is 24.5 Å². The number of piperazine rings is 1. The number of pyridine rings is 1. The first-order valence-corrected chi connectivity index (χ1v) is 8.14. The molecule has 5 nitrogen and oxygen atoms in total. The van der Waals surface area contributed by atoms with Crippen LogP contribution in [0.15, 0.2) is 42.7 Å². The van der Waals surface area contributed by atoms with E-state index < -0.39 is 0 Å². The van der Waals surface area contributed by atoms with E-state index in [2.05, 4.69) is 33.0 Å². The molecular weight excluding hydrogens is 290 g/mol. The maximum atomic E-state index is 5.67. The van der Waals surface area contributed by atoms with E-state index in [1.54, 1.807) is 0 Å². The minimum absolute atomic E-state index is 0.639. The average molecular weight is 311 g/mol. The van der Waals surface area contributed by atoms with Crippen molar-refractivity contribution in [1.82, 2.24) is 9.88 Å². The van der Waals surface area contributed by atoms with E-state index in [0.29, 0.717) is 13.2 Å². The van der Waals surface area contributed by atoms with Crippen LogP contribution in [0, 0.1) is 0 Å². The summed E-state index contributed by atoms with van der Waals surface area (Å²) in [6.07, 6.45) is 3.76. The van der Waals surface area contributed by atoms with E-state index in [9.17, 15) is 0 Å². The first-order chi connectivity index (χ1) is 11.4. The van der Waals surface area contributed by atoms with E-state index >= 15 is 0 Å². The van der Waals surface area contributed by atoms with Crippen molar-refractivity contribution in [2.24, 2.45) is 0 Å². The predicted molar refractivity (Wildman–Crippen MR) is 89.2 cm³/mol. The number of benzene rings is 1. The van der Waals surface area contributed by atoms with E-state index in [0.717, 1.165) is 44.2 Å². The minimum atomic E-state index is 0.639. The summed E-state index contributed by atoms with van der Waals surface area (Å²) in [5, 5.41) is 0. The van der Waals surface area contributed by atoms with E-state index in [-0.39, 0.29) is 0 Å². The third-order valence-corrected chi connectivity index (χ3v) is 4.40. The normalized spacial score (nSPS) is 18.0. The molecule has 2 aliphatic heterocycles. The number of hydrogen-bond donors (Lipinski definition) is 0. The van der Waals surface area contributed by atoms with Crippen molar-refractivity contribution in [2.45, 2.75) is 6.54 Å². The van der Waals surface area contributed by atoms with Gasteiger partial charge in [0.1, 0.15) is 13.2 Å². The van der Waals surface area contributed by atoms with Gasteiger partial charge >= 0.3 is 0 Å². The van der Waals surface area contributed by atoms with Crippen LogP contribution in [0.4, 0.5) is 5.69 Å². The number of ether oxygens (including phenoxy) is 2. The lowest BCUT2D eigenvalue weighted by atomic mass is 10.1. The van der Waals surface area contributed by atoms with Crippen LogP contribution < -0.4 is 14.4 Å². The average Bonchev–Trinajstić information content (AvgIpc) is 2.63. The van der Waals surface area contributed by atoms with Gasteiger partial charge in [0.2, 0.25) is 0 Å². The quantitative estimate of drug-likeness (QED) is 0.868. The van der Waals surface area contributed by atoms with Gasteiger partial charge in [-0.1, -0.05) is 6.07 Å². The second kappa shape index (κ2) is 6.46. The number of anilines is 1. The van der Waals surface area contributed by atoms with E-state index in [1.165, 1.54) is 11.3 Å². The van der Waals surface area contributed by atoms with Crippen LogP contribution in [0.2, 0.25) is 0 Å². The number of rotatable bonds is 3. The van der Waals surface area contributed by atoms with Gasteiger partial charge in [-0.05, 0) is 29.8 Å². The predicted octanol–water partition coefficient (Wildman–Crippen LogP) is 2.17. The Bertz CT molecular complexity index is 655. The van der Waals surface area contributed by atoms with Crippen molar-refractivity contribution in [3.05, 3.63) is 48.3 Å². The molecule has 0 radical (unpaired) electrons. The molecule has 1 aromatic carbocycles. The zero-order valence-electron chi connectivity index (χ0n) is 13.1.